The van der Waals surface area contributed by atoms with Crippen LogP contribution in [0.15, 0.2) is 16.6 Å². The molecule has 1 aromatic carbocycles. The molecule has 0 spiro atoms. The number of hydrogen-bond donors (Lipinski definition) is 1. The minimum absolute atomic E-state index is 0.0626. The van der Waals surface area contributed by atoms with E-state index in [-0.39, 0.29) is 12.1 Å². The predicted molar refractivity (Wildman–Crippen MR) is 71.7 cm³/mol. The van der Waals surface area contributed by atoms with Crippen LogP contribution in [0, 0.1) is 5.82 Å². The van der Waals surface area contributed by atoms with Crippen molar-refractivity contribution in [1.29, 1.82) is 0 Å². The Labute approximate surface area is 118 Å². The fraction of sp³-hybridized carbons (Fsp3) is 0.385. The summed E-state index contributed by atoms with van der Waals surface area (Å²) >= 11 is 3.17. The summed E-state index contributed by atoms with van der Waals surface area (Å²) in [6.07, 6.45) is 0.315. The third-order valence-corrected chi connectivity index (χ3v) is 3.53. The Morgan fingerprint density at radius 2 is 2.00 bits per heavy atom. The van der Waals surface area contributed by atoms with Crippen molar-refractivity contribution in [2.24, 2.45) is 0 Å². The van der Waals surface area contributed by atoms with Gasteiger partial charge in [0.15, 0.2) is 0 Å². The second kappa shape index (κ2) is 4.68. The molecule has 4 nitrogen and oxygen atoms in total. The van der Waals surface area contributed by atoms with E-state index in [1.807, 2.05) is 0 Å². The van der Waals surface area contributed by atoms with Crippen LogP contribution < -0.4 is 4.90 Å². The van der Waals surface area contributed by atoms with Gasteiger partial charge in [0.2, 0.25) is 0 Å². The number of rotatable bonds is 3. The van der Waals surface area contributed by atoms with E-state index in [4.69, 9.17) is 0 Å². The molecule has 0 aromatic heterocycles. The number of nitrogens with zero attached hydrogens (tertiary/aromatic N) is 1. The van der Waals surface area contributed by atoms with Gasteiger partial charge in [-0.1, -0.05) is 0 Å². The zero-order valence-corrected chi connectivity index (χ0v) is 12.1. The minimum Gasteiger partial charge on any atom is -0.390 e. The van der Waals surface area contributed by atoms with Gasteiger partial charge in [0.25, 0.3) is 11.7 Å². The quantitative estimate of drug-likeness (QED) is 0.865. The Bertz CT molecular complexity index is 566. The molecule has 19 heavy (non-hydrogen) atoms. The van der Waals surface area contributed by atoms with Gasteiger partial charge in [0.1, 0.15) is 5.82 Å². The summed E-state index contributed by atoms with van der Waals surface area (Å²) in [5.74, 6) is -1.98. The summed E-state index contributed by atoms with van der Waals surface area (Å²) in [4.78, 5) is 25.0. The van der Waals surface area contributed by atoms with Crippen LogP contribution in [0.25, 0.3) is 0 Å². The normalized spacial score (nSPS) is 15.1. The molecule has 1 amide bonds. The summed E-state index contributed by atoms with van der Waals surface area (Å²) in [6, 6.07) is 2.27. The van der Waals surface area contributed by atoms with E-state index < -0.39 is 23.1 Å². The predicted octanol–water partition coefficient (Wildman–Crippen LogP) is 2.28. The van der Waals surface area contributed by atoms with Gasteiger partial charge in [-0.2, -0.15) is 0 Å². The van der Waals surface area contributed by atoms with Crippen molar-refractivity contribution in [1.82, 2.24) is 0 Å². The van der Waals surface area contributed by atoms with E-state index in [0.717, 1.165) is 6.07 Å². The highest BCUT2D eigenvalue weighted by Crippen LogP contribution is 2.37. The van der Waals surface area contributed by atoms with Crippen LogP contribution in [0.3, 0.4) is 0 Å². The van der Waals surface area contributed by atoms with Crippen LogP contribution in [-0.4, -0.2) is 28.9 Å². The van der Waals surface area contributed by atoms with Gasteiger partial charge in [-0.3, -0.25) is 9.59 Å². The molecule has 0 unspecified atom stereocenters. The topological polar surface area (TPSA) is 57.6 Å². The lowest BCUT2D eigenvalue weighted by atomic mass is 10.1. The lowest BCUT2D eigenvalue weighted by Gasteiger charge is -2.23. The minimum atomic E-state index is -0.946. The second-order valence-electron chi connectivity index (χ2n) is 5.13. The van der Waals surface area contributed by atoms with Crippen molar-refractivity contribution in [2.75, 3.05) is 11.4 Å². The lowest BCUT2D eigenvalue weighted by molar-refractivity contribution is -0.114. The fourth-order valence-corrected chi connectivity index (χ4v) is 2.60. The third kappa shape index (κ3) is 2.69. The molecule has 0 saturated heterocycles. The van der Waals surface area contributed by atoms with E-state index >= 15 is 0 Å². The Morgan fingerprint density at radius 3 is 2.58 bits per heavy atom. The second-order valence-corrected chi connectivity index (χ2v) is 5.99. The molecule has 1 N–H and O–H groups in total. The number of amides is 1. The SMILES string of the molecule is CC(C)(O)CCN1C(=O)C(=O)c2cc(F)cc(Br)c21. The highest BCUT2D eigenvalue weighted by atomic mass is 79.9. The summed E-state index contributed by atoms with van der Waals surface area (Å²) in [6.45, 7) is 3.44. The number of carbonyl (C=O) groups excluding carboxylic acids is 2. The van der Waals surface area contributed by atoms with Gasteiger partial charge in [0, 0.05) is 11.0 Å². The molecular formula is C13H13BrFNO3. The van der Waals surface area contributed by atoms with Crippen LogP contribution in [0.4, 0.5) is 10.1 Å². The van der Waals surface area contributed by atoms with Crippen molar-refractivity contribution in [2.45, 2.75) is 25.9 Å². The molecule has 2 rings (SSSR count). The number of carbonyl (C=O) groups is 2. The average Bonchev–Trinajstić information content (AvgIpc) is 2.50. The maximum absolute atomic E-state index is 13.3. The van der Waals surface area contributed by atoms with E-state index in [1.54, 1.807) is 13.8 Å². The largest absolute Gasteiger partial charge is 0.390 e. The van der Waals surface area contributed by atoms with Crippen molar-refractivity contribution in [3.05, 3.63) is 28.0 Å². The third-order valence-electron chi connectivity index (χ3n) is 2.93. The van der Waals surface area contributed by atoms with E-state index in [1.165, 1.54) is 11.0 Å². The first-order valence-corrected chi connectivity index (χ1v) is 6.57. The number of hydrogen-bond acceptors (Lipinski definition) is 3. The fourth-order valence-electron chi connectivity index (χ4n) is 1.95. The molecule has 0 atom stereocenters. The smallest absolute Gasteiger partial charge is 0.299 e. The molecule has 1 aliphatic heterocycles. The van der Waals surface area contributed by atoms with Crippen molar-refractivity contribution >= 4 is 33.3 Å². The first-order valence-electron chi connectivity index (χ1n) is 5.78. The van der Waals surface area contributed by atoms with Crippen molar-refractivity contribution in [3.8, 4) is 0 Å². The van der Waals surface area contributed by atoms with Crippen LogP contribution in [0.5, 0.6) is 0 Å². The van der Waals surface area contributed by atoms with Crippen LogP contribution in [0.2, 0.25) is 0 Å². The number of fused-ring (bicyclic) bond motifs is 1. The molecular weight excluding hydrogens is 317 g/mol. The average molecular weight is 330 g/mol. The molecule has 1 aromatic rings. The Morgan fingerprint density at radius 1 is 1.37 bits per heavy atom. The zero-order chi connectivity index (χ0) is 14.4. The van der Waals surface area contributed by atoms with Gasteiger partial charge in [-0.15, -0.1) is 0 Å². The van der Waals surface area contributed by atoms with Crippen LogP contribution >= 0.6 is 15.9 Å². The monoisotopic (exact) mass is 329 g/mol. The van der Waals surface area contributed by atoms with E-state index in [0.29, 0.717) is 16.6 Å². The summed E-state index contributed by atoms with van der Waals surface area (Å²) in [5.41, 5.74) is -0.508. The number of benzene rings is 1. The molecule has 0 aliphatic carbocycles. The highest BCUT2D eigenvalue weighted by Gasteiger charge is 2.38. The molecule has 0 saturated carbocycles. The molecule has 0 radical (unpaired) electrons. The summed E-state index contributed by atoms with van der Waals surface area (Å²) in [5, 5.41) is 9.70. The summed E-state index contributed by atoms with van der Waals surface area (Å²) in [7, 11) is 0. The number of aliphatic hydroxyl groups is 1. The Balaban J connectivity index is 2.39. The maximum atomic E-state index is 13.3. The van der Waals surface area contributed by atoms with Gasteiger partial charge >= 0.3 is 0 Å². The van der Waals surface area contributed by atoms with E-state index in [2.05, 4.69) is 15.9 Å². The first-order chi connectivity index (χ1) is 8.70. The Hall–Kier alpha value is -1.27. The standard InChI is InChI=1S/C13H13BrFNO3/c1-13(2,19)3-4-16-10-8(11(17)12(16)18)5-7(15)6-9(10)14/h5-6,19H,3-4H2,1-2H3. The van der Waals surface area contributed by atoms with Gasteiger partial charge in [0.05, 0.1) is 16.9 Å². The molecule has 102 valence electrons. The number of ketones is 1. The molecule has 1 heterocycles. The summed E-state index contributed by atoms with van der Waals surface area (Å²) < 4.78 is 13.6. The van der Waals surface area contributed by atoms with E-state index in [9.17, 15) is 19.1 Å². The molecule has 0 bridgehead atoms. The van der Waals surface area contributed by atoms with Gasteiger partial charge in [-0.25, -0.2) is 4.39 Å². The van der Waals surface area contributed by atoms with Gasteiger partial charge < -0.3 is 10.0 Å². The van der Waals surface area contributed by atoms with Crippen molar-refractivity contribution < 1.29 is 19.1 Å². The van der Waals surface area contributed by atoms with Crippen LogP contribution in [0.1, 0.15) is 30.6 Å². The van der Waals surface area contributed by atoms with Crippen LogP contribution in [-0.2, 0) is 4.79 Å². The maximum Gasteiger partial charge on any atom is 0.299 e. The molecule has 1 aliphatic rings. The van der Waals surface area contributed by atoms with Crippen molar-refractivity contribution in [3.63, 3.8) is 0 Å². The Kier molecular flexibility index (Phi) is 3.49. The molecule has 6 heteroatoms. The zero-order valence-electron chi connectivity index (χ0n) is 10.5. The number of anilines is 1. The number of Topliss-reactive ketones (excluding diaryl/α,β-unsaturated/α-hetero) is 1. The number of halogens is 2. The lowest BCUT2D eigenvalue weighted by Crippen LogP contribution is -2.35. The highest BCUT2D eigenvalue weighted by molar-refractivity contribution is 9.10. The molecule has 0 fully saturated rings. The first kappa shape index (κ1) is 14.1. The van der Waals surface area contributed by atoms with Gasteiger partial charge in [-0.05, 0) is 48.3 Å².